The van der Waals surface area contributed by atoms with Crippen LogP contribution in [0, 0.1) is 5.92 Å². The summed E-state index contributed by atoms with van der Waals surface area (Å²) < 4.78 is 1.67. The Bertz CT molecular complexity index is 430. The third-order valence-corrected chi connectivity index (χ3v) is 3.43. The van der Waals surface area contributed by atoms with Gasteiger partial charge in [-0.25, -0.2) is 0 Å². The van der Waals surface area contributed by atoms with Gasteiger partial charge in [0.05, 0.1) is 5.69 Å². The van der Waals surface area contributed by atoms with E-state index in [0.717, 1.165) is 19.4 Å². The molecule has 1 aromatic rings. The summed E-state index contributed by atoms with van der Waals surface area (Å²) in [6, 6.07) is 0. The fraction of sp³-hybridized carbons (Fsp3) is 0.667. The molecule has 100 valence electrons. The highest BCUT2D eigenvalue weighted by Crippen LogP contribution is 2.22. The SMILES string of the molecule is CCn1cc(N)c(C(=O)N2CCC(CCO)C2)n1. The average molecular weight is 252 g/mol. The van der Waals surface area contributed by atoms with Crippen molar-refractivity contribution >= 4 is 11.6 Å². The van der Waals surface area contributed by atoms with E-state index in [1.165, 1.54) is 0 Å². The maximum atomic E-state index is 12.3. The number of aryl methyl sites for hydroxylation is 1. The molecule has 6 nitrogen and oxygen atoms in total. The summed E-state index contributed by atoms with van der Waals surface area (Å²) in [4.78, 5) is 14.0. The van der Waals surface area contributed by atoms with Crippen LogP contribution in [0.2, 0.25) is 0 Å². The first-order valence-electron chi connectivity index (χ1n) is 6.38. The molecule has 18 heavy (non-hydrogen) atoms. The minimum Gasteiger partial charge on any atom is -0.396 e. The Hall–Kier alpha value is -1.56. The molecule has 1 fully saturated rings. The Labute approximate surface area is 106 Å². The summed E-state index contributed by atoms with van der Waals surface area (Å²) in [5.41, 5.74) is 6.59. The van der Waals surface area contributed by atoms with Gasteiger partial charge in [-0.3, -0.25) is 9.48 Å². The fourth-order valence-corrected chi connectivity index (χ4v) is 2.35. The number of hydrogen-bond donors (Lipinski definition) is 2. The molecule has 0 aromatic carbocycles. The van der Waals surface area contributed by atoms with E-state index in [1.807, 2.05) is 6.92 Å². The zero-order valence-electron chi connectivity index (χ0n) is 10.7. The van der Waals surface area contributed by atoms with Crippen LogP contribution >= 0.6 is 0 Å². The third-order valence-electron chi connectivity index (χ3n) is 3.43. The topological polar surface area (TPSA) is 84.4 Å². The fourth-order valence-electron chi connectivity index (χ4n) is 2.35. The molecule has 6 heteroatoms. The molecular weight excluding hydrogens is 232 g/mol. The predicted molar refractivity (Wildman–Crippen MR) is 68.0 cm³/mol. The van der Waals surface area contributed by atoms with Crippen molar-refractivity contribution in [2.45, 2.75) is 26.3 Å². The molecule has 1 saturated heterocycles. The van der Waals surface area contributed by atoms with Gasteiger partial charge in [0.2, 0.25) is 0 Å². The summed E-state index contributed by atoms with van der Waals surface area (Å²) >= 11 is 0. The number of nitrogen functional groups attached to an aromatic ring is 1. The molecule has 2 heterocycles. The lowest BCUT2D eigenvalue weighted by Crippen LogP contribution is -2.29. The number of hydrogen-bond acceptors (Lipinski definition) is 4. The van der Waals surface area contributed by atoms with E-state index < -0.39 is 0 Å². The van der Waals surface area contributed by atoms with Crippen LogP contribution in [0.25, 0.3) is 0 Å². The number of aliphatic hydroxyl groups excluding tert-OH is 1. The maximum absolute atomic E-state index is 12.3. The maximum Gasteiger partial charge on any atom is 0.276 e. The van der Waals surface area contributed by atoms with Crippen LogP contribution in [0.3, 0.4) is 0 Å². The van der Waals surface area contributed by atoms with E-state index in [9.17, 15) is 4.79 Å². The predicted octanol–water partition coefficient (Wildman–Crippen LogP) is 0.330. The van der Waals surface area contributed by atoms with Gasteiger partial charge in [0, 0.05) is 32.4 Å². The van der Waals surface area contributed by atoms with Crippen LogP contribution in [0.5, 0.6) is 0 Å². The number of aliphatic hydroxyl groups is 1. The van der Waals surface area contributed by atoms with Crippen molar-refractivity contribution in [1.29, 1.82) is 0 Å². The monoisotopic (exact) mass is 252 g/mol. The average Bonchev–Trinajstić information content (AvgIpc) is 2.95. The summed E-state index contributed by atoms with van der Waals surface area (Å²) in [6.45, 7) is 4.25. The normalized spacial score (nSPS) is 19.4. The molecular formula is C12H20N4O2. The second-order valence-corrected chi connectivity index (χ2v) is 4.71. The van der Waals surface area contributed by atoms with Crippen LogP contribution in [0.1, 0.15) is 30.3 Å². The molecule has 0 bridgehead atoms. The van der Waals surface area contributed by atoms with Gasteiger partial charge >= 0.3 is 0 Å². The lowest BCUT2D eigenvalue weighted by Gasteiger charge is -2.15. The summed E-state index contributed by atoms with van der Waals surface area (Å²) in [5.74, 6) is 0.300. The number of carbonyl (C=O) groups is 1. The molecule has 0 radical (unpaired) electrons. The van der Waals surface area contributed by atoms with Crippen LogP contribution in [0.15, 0.2) is 6.20 Å². The van der Waals surface area contributed by atoms with E-state index in [-0.39, 0.29) is 12.5 Å². The number of nitrogens with two attached hydrogens (primary N) is 1. The van der Waals surface area contributed by atoms with Crippen molar-refractivity contribution in [3.05, 3.63) is 11.9 Å². The first kappa shape index (κ1) is 12.9. The highest BCUT2D eigenvalue weighted by atomic mass is 16.3. The van der Waals surface area contributed by atoms with E-state index in [2.05, 4.69) is 5.10 Å². The van der Waals surface area contributed by atoms with Crippen LogP contribution < -0.4 is 5.73 Å². The van der Waals surface area contributed by atoms with Gasteiger partial charge in [0.1, 0.15) is 0 Å². The molecule has 1 unspecified atom stereocenters. The number of carbonyl (C=O) groups excluding carboxylic acids is 1. The second kappa shape index (κ2) is 5.39. The molecule has 1 aliphatic heterocycles. The molecule has 1 amide bonds. The Balaban J connectivity index is 2.05. The number of rotatable bonds is 4. The first-order valence-corrected chi connectivity index (χ1v) is 6.38. The van der Waals surface area contributed by atoms with E-state index >= 15 is 0 Å². The van der Waals surface area contributed by atoms with Crippen molar-refractivity contribution in [2.24, 2.45) is 5.92 Å². The lowest BCUT2D eigenvalue weighted by molar-refractivity contribution is 0.0779. The minimum atomic E-state index is -0.0971. The number of aromatic nitrogens is 2. The third kappa shape index (κ3) is 2.48. The van der Waals surface area contributed by atoms with E-state index in [1.54, 1.807) is 15.8 Å². The zero-order valence-corrected chi connectivity index (χ0v) is 10.7. The van der Waals surface area contributed by atoms with Gasteiger partial charge in [-0.1, -0.05) is 0 Å². The van der Waals surface area contributed by atoms with E-state index in [4.69, 9.17) is 10.8 Å². The first-order chi connectivity index (χ1) is 8.65. The zero-order chi connectivity index (χ0) is 13.1. The molecule has 0 aliphatic carbocycles. The smallest absolute Gasteiger partial charge is 0.276 e. The summed E-state index contributed by atoms with van der Waals surface area (Å²) in [7, 11) is 0. The Morgan fingerprint density at radius 2 is 2.44 bits per heavy atom. The highest BCUT2D eigenvalue weighted by Gasteiger charge is 2.29. The Morgan fingerprint density at radius 3 is 3.06 bits per heavy atom. The highest BCUT2D eigenvalue weighted by molar-refractivity contribution is 5.97. The number of nitrogens with zero attached hydrogens (tertiary/aromatic N) is 3. The van der Waals surface area contributed by atoms with Gasteiger partial charge in [-0.05, 0) is 25.7 Å². The largest absolute Gasteiger partial charge is 0.396 e. The summed E-state index contributed by atoms with van der Waals surface area (Å²) in [5, 5.41) is 13.1. The Kier molecular flexibility index (Phi) is 3.86. The van der Waals surface area contributed by atoms with Gasteiger partial charge in [-0.15, -0.1) is 0 Å². The minimum absolute atomic E-state index is 0.0971. The van der Waals surface area contributed by atoms with E-state index in [0.29, 0.717) is 30.4 Å². The Morgan fingerprint density at radius 1 is 1.67 bits per heavy atom. The molecule has 1 atom stereocenters. The molecule has 1 aliphatic rings. The number of amides is 1. The molecule has 3 N–H and O–H groups in total. The van der Waals surface area contributed by atoms with Crippen molar-refractivity contribution in [3.8, 4) is 0 Å². The van der Waals surface area contributed by atoms with Gasteiger partial charge in [0.25, 0.3) is 5.91 Å². The van der Waals surface area contributed by atoms with Gasteiger partial charge in [0.15, 0.2) is 5.69 Å². The van der Waals surface area contributed by atoms with Crippen molar-refractivity contribution in [1.82, 2.24) is 14.7 Å². The van der Waals surface area contributed by atoms with Crippen LogP contribution in [0.4, 0.5) is 5.69 Å². The van der Waals surface area contributed by atoms with Gasteiger partial charge in [-0.2, -0.15) is 5.10 Å². The summed E-state index contributed by atoms with van der Waals surface area (Å²) in [6.07, 6.45) is 3.39. The van der Waals surface area contributed by atoms with Crippen molar-refractivity contribution in [2.75, 3.05) is 25.4 Å². The molecule has 0 saturated carbocycles. The number of anilines is 1. The number of likely N-dealkylation sites (tertiary alicyclic amines) is 1. The lowest BCUT2D eigenvalue weighted by atomic mass is 10.1. The standard InChI is InChI=1S/C12H20N4O2/c1-2-16-8-10(13)11(14-16)12(18)15-5-3-9(7-15)4-6-17/h8-9,17H,2-7,13H2,1H3. The molecule has 1 aromatic heterocycles. The van der Waals surface area contributed by atoms with Gasteiger partial charge < -0.3 is 15.7 Å². The van der Waals surface area contributed by atoms with Crippen molar-refractivity contribution < 1.29 is 9.90 Å². The van der Waals surface area contributed by atoms with Crippen LogP contribution in [-0.2, 0) is 6.54 Å². The quantitative estimate of drug-likeness (QED) is 0.808. The second-order valence-electron chi connectivity index (χ2n) is 4.71. The van der Waals surface area contributed by atoms with Crippen LogP contribution in [-0.4, -0.2) is 45.4 Å². The molecule has 2 rings (SSSR count). The molecule has 0 spiro atoms. The van der Waals surface area contributed by atoms with Crippen molar-refractivity contribution in [3.63, 3.8) is 0 Å².